The molecule has 4 heteroatoms. The summed E-state index contributed by atoms with van der Waals surface area (Å²) in [5.74, 6) is -0.330. The second kappa shape index (κ2) is 5.74. The van der Waals surface area contributed by atoms with Crippen LogP contribution in [-0.2, 0) is 11.2 Å². The quantitative estimate of drug-likeness (QED) is 0.654. The lowest BCUT2D eigenvalue weighted by atomic mass is 10.1. The van der Waals surface area contributed by atoms with Crippen molar-refractivity contribution in [2.45, 2.75) is 18.2 Å². The van der Waals surface area contributed by atoms with Gasteiger partial charge in [0.25, 0.3) is 0 Å². The van der Waals surface area contributed by atoms with Gasteiger partial charge in [-0.1, -0.05) is 29.5 Å². The predicted octanol–water partition coefficient (Wildman–Crippen LogP) is 4.74. The molecule has 0 saturated carbocycles. The normalized spacial score (nSPS) is 11.0. The van der Waals surface area contributed by atoms with E-state index in [-0.39, 0.29) is 17.4 Å². The maximum atomic E-state index is 13.3. The van der Waals surface area contributed by atoms with Crippen LogP contribution in [0.5, 0.6) is 0 Å². The number of hydrogen-bond donors (Lipinski definition) is 0. The highest BCUT2D eigenvalue weighted by Crippen LogP contribution is 2.26. The molecular weight excluding hydrogens is 287 g/mol. The molecule has 21 heavy (non-hydrogen) atoms. The van der Waals surface area contributed by atoms with E-state index in [0.29, 0.717) is 16.5 Å². The molecule has 0 spiro atoms. The average Bonchev–Trinajstić information content (AvgIpc) is 2.84. The van der Waals surface area contributed by atoms with E-state index < -0.39 is 0 Å². The highest BCUT2D eigenvalue weighted by atomic mass is 32.2. The molecule has 0 amide bonds. The number of benzene rings is 2. The molecule has 0 unspecified atom stereocenters. The summed E-state index contributed by atoms with van der Waals surface area (Å²) in [5, 5.41) is 0.665. The molecule has 1 heterocycles. The number of aryl methyl sites for hydroxylation is 1. The number of carbonyl (C=O) groups excluding carboxylic acids is 1. The average molecular weight is 300 g/mol. The maximum absolute atomic E-state index is 13.3. The third-order valence-corrected chi connectivity index (χ3v) is 4.08. The molecule has 0 aliphatic carbocycles. The lowest BCUT2D eigenvalue weighted by Crippen LogP contribution is -1.96. The summed E-state index contributed by atoms with van der Waals surface area (Å²) in [4.78, 5) is 13.0. The number of carbonyl (C=O) groups is 1. The Morgan fingerprint density at radius 3 is 2.71 bits per heavy atom. The van der Waals surface area contributed by atoms with Crippen molar-refractivity contribution in [1.29, 1.82) is 0 Å². The molecule has 2 aromatic carbocycles. The Balaban J connectivity index is 1.77. The van der Waals surface area contributed by atoms with Crippen molar-refractivity contribution < 1.29 is 13.6 Å². The minimum atomic E-state index is -0.330. The van der Waals surface area contributed by atoms with Crippen molar-refractivity contribution in [1.82, 2.24) is 0 Å². The van der Waals surface area contributed by atoms with Crippen molar-refractivity contribution in [2.75, 3.05) is 0 Å². The van der Waals surface area contributed by atoms with Crippen LogP contribution in [0.25, 0.3) is 11.0 Å². The minimum Gasteiger partial charge on any atom is -0.464 e. The molecule has 0 radical (unpaired) electrons. The molecule has 2 nitrogen and oxygen atoms in total. The first kappa shape index (κ1) is 13.9. The van der Waals surface area contributed by atoms with E-state index in [1.165, 1.54) is 30.2 Å². The highest BCUT2D eigenvalue weighted by molar-refractivity contribution is 8.13. The van der Waals surface area contributed by atoms with Crippen molar-refractivity contribution in [3.05, 3.63) is 65.7 Å². The van der Waals surface area contributed by atoms with Crippen LogP contribution in [0.15, 0.2) is 58.0 Å². The van der Waals surface area contributed by atoms with Gasteiger partial charge in [-0.2, -0.15) is 0 Å². The van der Waals surface area contributed by atoms with Crippen LogP contribution >= 0.6 is 11.8 Å². The summed E-state index contributed by atoms with van der Waals surface area (Å²) in [7, 11) is 0. The Morgan fingerprint density at radius 2 is 1.95 bits per heavy atom. The third-order valence-electron chi connectivity index (χ3n) is 3.20. The predicted molar refractivity (Wildman–Crippen MR) is 81.9 cm³/mol. The Kier molecular flexibility index (Phi) is 3.80. The molecule has 0 N–H and O–H groups in total. The van der Waals surface area contributed by atoms with Gasteiger partial charge in [0.1, 0.15) is 11.4 Å². The molecule has 0 saturated heterocycles. The van der Waals surface area contributed by atoms with E-state index >= 15 is 0 Å². The summed E-state index contributed by atoms with van der Waals surface area (Å²) in [5.41, 5.74) is 2.47. The van der Waals surface area contributed by atoms with Crippen LogP contribution in [0.3, 0.4) is 0 Å². The van der Waals surface area contributed by atoms with Gasteiger partial charge in [0, 0.05) is 22.3 Å². The molecule has 1 aromatic heterocycles. The molecule has 0 atom stereocenters. The number of thioether (sulfide) groups is 1. The number of hydrogen-bond acceptors (Lipinski definition) is 3. The fourth-order valence-electron chi connectivity index (χ4n) is 2.12. The highest BCUT2D eigenvalue weighted by Gasteiger charge is 2.12. The van der Waals surface area contributed by atoms with Crippen LogP contribution in [0, 0.1) is 12.7 Å². The number of fused-ring (bicyclic) bond motifs is 1. The van der Waals surface area contributed by atoms with Gasteiger partial charge in [-0.25, -0.2) is 4.39 Å². The summed E-state index contributed by atoms with van der Waals surface area (Å²) in [6, 6.07) is 12.1. The van der Waals surface area contributed by atoms with E-state index in [9.17, 15) is 9.18 Å². The molecule has 3 aromatic rings. The first-order valence-corrected chi connectivity index (χ1v) is 7.36. The van der Waals surface area contributed by atoms with Gasteiger partial charge >= 0.3 is 0 Å². The molecule has 106 valence electrons. The molecule has 0 aliphatic heterocycles. The summed E-state index contributed by atoms with van der Waals surface area (Å²) in [6.07, 6.45) is 1.74. The maximum Gasteiger partial charge on any atom is 0.198 e. The standard InChI is InChI=1S/C17H13FO2S/c1-11-2-5-14(6-3-11)21-17(19)8-12-10-20-16-7-4-13(18)9-15(12)16/h2-7,9-10H,8H2,1H3. The summed E-state index contributed by atoms with van der Waals surface area (Å²) < 4.78 is 18.6. The van der Waals surface area contributed by atoms with Crippen molar-refractivity contribution >= 4 is 27.8 Å². The van der Waals surface area contributed by atoms with Gasteiger partial charge in [-0.05, 0) is 37.3 Å². The fourth-order valence-corrected chi connectivity index (χ4v) is 2.88. The number of halogens is 1. The van der Waals surface area contributed by atoms with E-state index in [4.69, 9.17) is 4.42 Å². The van der Waals surface area contributed by atoms with E-state index in [2.05, 4.69) is 0 Å². The van der Waals surface area contributed by atoms with Crippen LogP contribution < -0.4 is 0 Å². The number of rotatable bonds is 3. The van der Waals surface area contributed by atoms with Crippen LogP contribution in [0.1, 0.15) is 11.1 Å². The zero-order valence-electron chi connectivity index (χ0n) is 11.4. The Bertz CT molecular complexity index is 790. The first-order valence-electron chi connectivity index (χ1n) is 6.55. The van der Waals surface area contributed by atoms with Crippen molar-refractivity contribution in [3.63, 3.8) is 0 Å². The monoisotopic (exact) mass is 300 g/mol. The van der Waals surface area contributed by atoms with Gasteiger partial charge in [0.2, 0.25) is 0 Å². The zero-order valence-corrected chi connectivity index (χ0v) is 12.2. The van der Waals surface area contributed by atoms with E-state index in [1.807, 2.05) is 31.2 Å². The summed E-state index contributed by atoms with van der Waals surface area (Å²) >= 11 is 1.19. The first-order chi connectivity index (χ1) is 10.1. The van der Waals surface area contributed by atoms with Gasteiger partial charge in [-0.15, -0.1) is 0 Å². The molecular formula is C17H13FO2S. The Hall–Kier alpha value is -2.07. The van der Waals surface area contributed by atoms with E-state index in [0.717, 1.165) is 10.5 Å². The number of furan rings is 1. The Morgan fingerprint density at radius 1 is 1.19 bits per heavy atom. The van der Waals surface area contributed by atoms with Crippen molar-refractivity contribution in [3.8, 4) is 0 Å². The van der Waals surface area contributed by atoms with Crippen LogP contribution in [-0.4, -0.2) is 5.12 Å². The van der Waals surface area contributed by atoms with Gasteiger partial charge < -0.3 is 4.42 Å². The molecule has 0 fully saturated rings. The third kappa shape index (κ3) is 3.16. The second-order valence-corrected chi connectivity index (χ2v) is 6.00. The van der Waals surface area contributed by atoms with Gasteiger partial charge in [0.15, 0.2) is 5.12 Å². The fraction of sp³-hybridized carbons (Fsp3) is 0.118. The molecule has 0 aliphatic rings. The minimum absolute atomic E-state index is 0.00538. The van der Waals surface area contributed by atoms with Crippen LogP contribution in [0.4, 0.5) is 4.39 Å². The smallest absolute Gasteiger partial charge is 0.198 e. The van der Waals surface area contributed by atoms with E-state index in [1.54, 1.807) is 6.07 Å². The zero-order chi connectivity index (χ0) is 14.8. The summed E-state index contributed by atoms with van der Waals surface area (Å²) in [6.45, 7) is 2.00. The van der Waals surface area contributed by atoms with Gasteiger partial charge in [0.05, 0.1) is 6.26 Å². The lowest BCUT2D eigenvalue weighted by Gasteiger charge is -2.01. The van der Waals surface area contributed by atoms with Crippen molar-refractivity contribution in [2.24, 2.45) is 0 Å². The largest absolute Gasteiger partial charge is 0.464 e. The molecule has 3 rings (SSSR count). The topological polar surface area (TPSA) is 30.2 Å². The SMILES string of the molecule is Cc1ccc(SC(=O)Cc2coc3ccc(F)cc23)cc1. The van der Waals surface area contributed by atoms with Gasteiger partial charge in [-0.3, -0.25) is 4.79 Å². The second-order valence-electron chi connectivity index (χ2n) is 4.87. The molecule has 0 bridgehead atoms. The lowest BCUT2D eigenvalue weighted by molar-refractivity contribution is -0.110. The Labute approximate surface area is 126 Å². The van der Waals surface area contributed by atoms with Crippen LogP contribution in [0.2, 0.25) is 0 Å².